The van der Waals surface area contributed by atoms with Gasteiger partial charge in [0.25, 0.3) is 0 Å². The first-order chi connectivity index (χ1) is 8.66. The van der Waals surface area contributed by atoms with Crippen molar-refractivity contribution < 1.29 is 18.7 Å². The summed E-state index contributed by atoms with van der Waals surface area (Å²) < 4.78 is 10.8. The molecule has 0 atom stereocenters. The number of halogens is 1. The van der Waals surface area contributed by atoms with Crippen molar-refractivity contribution in [1.82, 2.24) is 0 Å². The summed E-state index contributed by atoms with van der Waals surface area (Å²) in [6.07, 6.45) is 1.40. The second-order valence-electron chi connectivity index (χ2n) is 3.48. The maximum Gasteiger partial charge on any atom is 0.338 e. The molecule has 2 rings (SSSR count). The molecule has 1 heterocycles. The zero-order chi connectivity index (χ0) is 13.0. The van der Waals surface area contributed by atoms with Crippen molar-refractivity contribution in [2.75, 3.05) is 6.61 Å². The van der Waals surface area contributed by atoms with E-state index in [1.165, 1.54) is 12.3 Å². The van der Waals surface area contributed by atoms with Crippen LogP contribution >= 0.6 is 22.6 Å². The van der Waals surface area contributed by atoms with Crippen LogP contribution in [0.5, 0.6) is 0 Å². The van der Waals surface area contributed by atoms with E-state index in [9.17, 15) is 9.59 Å². The first-order valence-corrected chi connectivity index (χ1v) is 6.24. The fraction of sp³-hybridized carbons (Fsp3) is 0.0769. The van der Waals surface area contributed by atoms with Gasteiger partial charge in [-0.05, 0) is 59.0 Å². The summed E-state index contributed by atoms with van der Waals surface area (Å²) in [6, 6.07) is 10.0. The Morgan fingerprint density at radius 2 is 1.89 bits per heavy atom. The molecule has 92 valence electrons. The highest BCUT2D eigenvalue weighted by atomic mass is 127. The summed E-state index contributed by atoms with van der Waals surface area (Å²) in [4.78, 5) is 23.1. The van der Waals surface area contributed by atoms with Crippen LogP contribution in [0.4, 0.5) is 0 Å². The van der Waals surface area contributed by atoms with E-state index in [4.69, 9.17) is 9.15 Å². The Bertz CT molecular complexity index is 543. The number of carbonyl (C=O) groups is 2. The molecular weight excluding hydrogens is 347 g/mol. The van der Waals surface area contributed by atoms with Crippen LogP contribution in [0.2, 0.25) is 0 Å². The smallest absolute Gasteiger partial charge is 0.338 e. The zero-order valence-electron chi connectivity index (χ0n) is 9.26. The lowest BCUT2D eigenvalue weighted by Crippen LogP contribution is -2.13. The van der Waals surface area contributed by atoms with Crippen LogP contribution in [0.25, 0.3) is 0 Å². The highest BCUT2D eigenvalue weighted by molar-refractivity contribution is 14.1. The number of esters is 1. The largest absolute Gasteiger partial charge is 0.461 e. The Hall–Kier alpha value is -1.63. The van der Waals surface area contributed by atoms with Gasteiger partial charge in [0.2, 0.25) is 5.78 Å². The maximum atomic E-state index is 11.6. The Morgan fingerprint density at radius 1 is 1.17 bits per heavy atom. The van der Waals surface area contributed by atoms with Gasteiger partial charge in [0.05, 0.1) is 11.8 Å². The van der Waals surface area contributed by atoms with Crippen LogP contribution in [-0.4, -0.2) is 18.4 Å². The molecule has 0 aliphatic carbocycles. The quantitative estimate of drug-likeness (QED) is 0.480. The van der Waals surface area contributed by atoms with Crippen molar-refractivity contribution >= 4 is 34.3 Å². The SMILES string of the molecule is O=C(OCC(=O)c1ccco1)c1ccc(I)cc1. The third-order valence-corrected chi connectivity index (χ3v) is 2.93. The molecule has 0 unspecified atom stereocenters. The van der Waals surface area contributed by atoms with E-state index < -0.39 is 5.97 Å². The first-order valence-electron chi connectivity index (χ1n) is 5.16. The number of ether oxygens (including phenoxy) is 1. The van der Waals surface area contributed by atoms with Gasteiger partial charge in [-0.15, -0.1) is 0 Å². The molecular formula is C13H9IO4. The van der Waals surface area contributed by atoms with Crippen LogP contribution in [-0.2, 0) is 4.74 Å². The number of benzene rings is 1. The second-order valence-corrected chi connectivity index (χ2v) is 4.73. The van der Waals surface area contributed by atoms with Gasteiger partial charge in [-0.1, -0.05) is 0 Å². The zero-order valence-corrected chi connectivity index (χ0v) is 11.4. The molecule has 0 spiro atoms. The van der Waals surface area contributed by atoms with E-state index in [1.807, 2.05) is 0 Å². The summed E-state index contributed by atoms with van der Waals surface area (Å²) in [5.74, 6) is -0.699. The minimum atomic E-state index is -0.522. The number of furan rings is 1. The van der Waals surface area contributed by atoms with Gasteiger partial charge in [0.15, 0.2) is 12.4 Å². The third kappa shape index (κ3) is 3.19. The number of Topliss-reactive ketones (excluding diaryl/α,β-unsaturated/α-hetero) is 1. The topological polar surface area (TPSA) is 56.5 Å². The van der Waals surface area contributed by atoms with Crippen LogP contribution < -0.4 is 0 Å². The number of rotatable bonds is 4. The fourth-order valence-corrected chi connectivity index (χ4v) is 1.67. The molecule has 5 heteroatoms. The van der Waals surface area contributed by atoms with Gasteiger partial charge < -0.3 is 9.15 Å². The van der Waals surface area contributed by atoms with Gasteiger partial charge in [-0.25, -0.2) is 4.79 Å². The van der Waals surface area contributed by atoms with Crippen molar-refractivity contribution in [3.05, 3.63) is 57.6 Å². The molecule has 0 fully saturated rings. The van der Waals surface area contributed by atoms with E-state index in [0.29, 0.717) is 5.56 Å². The summed E-state index contributed by atoms with van der Waals surface area (Å²) >= 11 is 2.14. The summed E-state index contributed by atoms with van der Waals surface area (Å²) in [5, 5.41) is 0. The normalized spacial score (nSPS) is 10.1. The van der Waals surface area contributed by atoms with Crippen LogP contribution in [0, 0.1) is 3.57 Å². The first kappa shape index (κ1) is 12.8. The molecule has 0 bridgehead atoms. The number of ketones is 1. The molecule has 1 aromatic heterocycles. The predicted octanol–water partition coefficient (Wildman–Crippen LogP) is 2.92. The average molecular weight is 356 g/mol. The molecule has 2 aromatic rings. The Balaban J connectivity index is 1.92. The van der Waals surface area contributed by atoms with E-state index in [1.54, 1.807) is 30.3 Å². The van der Waals surface area contributed by atoms with Crippen LogP contribution in [0.3, 0.4) is 0 Å². The lowest BCUT2D eigenvalue weighted by atomic mass is 10.2. The lowest BCUT2D eigenvalue weighted by Gasteiger charge is -2.03. The number of carbonyl (C=O) groups excluding carboxylic acids is 2. The molecule has 1 aromatic carbocycles. The predicted molar refractivity (Wildman–Crippen MR) is 72.5 cm³/mol. The minimum Gasteiger partial charge on any atom is -0.461 e. The van der Waals surface area contributed by atoms with E-state index in [2.05, 4.69) is 22.6 Å². The molecule has 0 saturated heterocycles. The molecule has 4 nitrogen and oxygen atoms in total. The highest BCUT2D eigenvalue weighted by Gasteiger charge is 2.13. The van der Waals surface area contributed by atoms with Crippen molar-refractivity contribution in [2.45, 2.75) is 0 Å². The number of hydrogen-bond acceptors (Lipinski definition) is 4. The van der Waals surface area contributed by atoms with Crippen molar-refractivity contribution in [2.24, 2.45) is 0 Å². The fourth-order valence-electron chi connectivity index (χ4n) is 1.31. The summed E-state index contributed by atoms with van der Waals surface area (Å²) in [5.41, 5.74) is 0.419. The maximum absolute atomic E-state index is 11.6. The minimum absolute atomic E-state index is 0.186. The second kappa shape index (κ2) is 5.81. The summed E-state index contributed by atoms with van der Waals surface area (Å²) in [6.45, 7) is -0.321. The van der Waals surface area contributed by atoms with E-state index >= 15 is 0 Å². The molecule has 0 N–H and O–H groups in total. The van der Waals surface area contributed by atoms with Gasteiger partial charge in [0, 0.05) is 3.57 Å². The molecule has 0 amide bonds. The van der Waals surface area contributed by atoms with Gasteiger partial charge >= 0.3 is 5.97 Å². The highest BCUT2D eigenvalue weighted by Crippen LogP contribution is 2.08. The van der Waals surface area contributed by atoms with Crippen LogP contribution in [0.1, 0.15) is 20.9 Å². The number of hydrogen-bond donors (Lipinski definition) is 0. The van der Waals surface area contributed by atoms with Gasteiger partial charge in [-0.3, -0.25) is 4.79 Å². The molecule has 0 radical (unpaired) electrons. The molecule has 0 saturated carbocycles. The van der Waals surface area contributed by atoms with E-state index in [-0.39, 0.29) is 18.2 Å². The van der Waals surface area contributed by atoms with Crippen molar-refractivity contribution in [1.29, 1.82) is 0 Å². The van der Waals surface area contributed by atoms with Crippen molar-refractivity contribution in [3.63, 3.8) is 0 Å². The standard InChI is InChI=1S/C13H9IO4/c14-10-5-3-9(4-6-10)13(16)18-8-11(15)12-2-1-7-17-12/h1-7H,8H2. The molecule has 0 aliphatic heterocycles. The summed E-state index contributed by atoms with van der Waals surface area (Å²) in [7, 11) is 0. The van der Waals surface area contributed by atoms with Gasteiger partial charge in [-0.2, -0.15) is 0 Å². The molecule has 18 heavy (non-hydrogen) atoms. The molecule has 0 aliphatic rings. The lowest BCUT2D eigenvalue weighted by molar-refractivity contribution is 0.0468. The van der Waals surface area contributed by atoms with Gasteiger partial charge in [0.1, 0.15) is 0 Å². The Morgan fingerprint density at radius 3 is 2.50 bits per heavy atom. The Labute approximate surface area is 117 Å². The average Bonchev–Trinajstić information content (AvgIpc) is 2.90. The monoisotopic (exact) mass is 356 g/mol. The van der Waals surface area contributed by atoms with E-state index in [0.717, 1.165) is 3.57 Å². The van der Waals surface area contributed by atoms with Crippen molar-refractivity contribution in [3.8, 4) is 0 Å². The third-order valence-electron chi connectivity index (χ3n) is 2.21. The Kier molecular flexibility index (Phi) is 4.14. The van der Waals surface area contributed by atoms with Crippen LogP contribution in [0.15, 0.2) is 47.1 Å².